The Morgan fingerprint density at radius 3 is 2.68 bits per heavy atom. The van der Waals surface area contributed by atoms with Crippen LogP contribution >= 0.6 is 0 Å². The van der Waals surface area contributed by atoms with E-state index in [1.165, 1.54) is 19.2 Å². The second-order valence-electron chi connectivity index (χ2n) is 5.02. The van der Waals surface area contributed by atoms with E-state index in [1.54, 1.807) is 13.8 Å². The molecule has 0 fully saturated rings. The fraction of sp³-hybridized carbons (Fsp3) is 0.385. The van der Waals surface area contributed by atoms with Gasteiger partial charge in [0.15, 0.2) is 6.10 Å². The first kappa shape index (κ1) is 16.2. The molecule has 0 spiro atoms. The summed E-state index contributed by atoms with van der Waals surface area (Å²) < 4.78 is 31.0. The van der Waals surface area contributed by atoms with E-state index in [1.807, 2.05) is 0 Å². The zero-order valence-corrected chi connectivity index (χ0v) is 13.1. The first-order chi connectivity index (χ1) is 10.1. The molecule has 1 aromatic carbocycles. The van der Waals surface area contributed by atoms with Gasteiger partial charge < -0.3 is 15.2 Å². The monoisotopic (exact) mass is 328 g/mol. The van der Waals surface area contributed by atoms with Gasteiger partial charge in [-0.05, 0) is 25.5 Å². The van der Waals surface area contributed by atoms with Crippen LogP contribution in [0.2, 0.25) is 0 Å². The minimum absolute atomic E-state index is 0.0571. The third kappa shape index (κ3) is 2.90. The Morgan fingerprint density at radius 1 is 1.45 bits per heavy atom. The van der Waals surface area contributed by atoms with Crippen molar-refractivity contribution in [3.05, 3.63) is 17.7 Å². The summed E-state index contributed by atoms with van der Waals surface area (Å²) in [5, 5.41) is 11.4. The zero-order valence-electron chi connectivity index (χ0n) is 12.3. The number of aliphatic carboxylic acids is 1. The van der Waals surface area contributed by atoms with E-state index in [0.29, 0.717) is 11.3 Å². The predicted molar refractivity (Wildman–Crippen MR) is 77.4 cm³/mol. The first-order valence-electron chi connectivity index (χ1n) is 6.43. The average Bonchev–Trinajstić information content (AvgIpc) is 2.39. The number of ether oxygens (including phenoxy) is 1. The van der Waals surface area contributed by atoms with E-state index in [-0.39, 0.29) is 16.6 Å². The molecule has 1 aliphatic rings. The van der Waals surface area contributed by atoms with Gasteiger partial charge in [-0.15, -0.1) is 0 Å². The molecule has 1 atom stereocenters. The molecule has 9 heteroatoms. The lowest BCUT2D eigenvalue weighted by molar-refractivity contribution is -0.137. The highest BCUT2D eigenvalue weighted by Crippen LogP contribution is 2.35. The number of fused-ring (bicyclic) bond motifs is 1. The van der Waals surface area contributed by atoms with Crippen LogP contribution in [0.5, 0.6) is 5.75 Å². The van der Waals surface area contributed by atoms with Crippen LogP contribution in [0, 0.1) is 6.92 Å². The Bertz CT molecular complexity index is 743. The van der Waals surface area contributed by atoms with Gasteiger partial charge in [0.2, 0.25) is 10.0 Å². The summed E-state index contributed by atoms with van der Waals surface area (Å²) in [6.45, 7) is 2.46. The summed E-state index contributed by atoms with van der Waals surface area (Å²) in [6, 6.07) is 2.79. The van der Waals surface area contributed by atoms with Crippen LogP contribution in [0.1, 0.15) is 12.5 Å². The van der Waals surface area contributed by atoms with E-state index < -0.39 is 28.6 Å². The standard InChI is InChI=1S/C13H16N2O6S/c1-7-4-9-10(21-8(2)13(18)14-9)5-11(7)22(19,20)15(3)6-12(16)17/h4-5,8H,6H2,1-3H3,(H,14,18)(H,16,17)/t8-/m1/s1. The molecule has 0 unspecified atom stereocenters. The number of carboxylic acid groups (broad SMARTS) is 1. The number of hydrogen-bond acceptors (Lipinski definition) is 5. The van der Waals surface area contributed by atoms with Crippen molar-refractivity contribution in [2.24, 2.45) is 0 Å². The van der Waals surface area contributed by atoms with Crippen LogP contribution in [0.15, 0.2) is 17.0 Å². The van der Waals surface area contributed by atoms with Gasteiger partial charge in [0.25, 0.3) is 5.91 Å². The minimum atomic E-state index is -3.97. The Balaban J connectivity index is 2.47. The lowest BCUT2D eigenvalue weighted by Crippen LogP contribution is -2.35. The molecule has 0 bridgehead atoms. The number of nitrogens with zero attached hydrogens (tertiary/aromatic N) is 1. The summed E-state index contributed by atoms with van der Waals surface area (Å²) in [7, 11) is -2.78. The topological polar surface area (TPSA) is 113 Å². The number of rotatable bonds is 4. The van der Waals surface area contributed by atoms with Crippen molar-refractivity contribution in [3.63, 3.8) is 0 Å². The van der Waals surface area contributed by atoms with E-state index in [9.17, 15) is 18.0 Å². The number of hydrogen-bond donors (Lipinski definition) is 2. The Kier molecular flexibility index (Phi) is 4.12. The third-order valence-corrected chi connectivity index (χ3v) is 5.20. The first-order valence-corrected chi connectivity index (χ1v) is 7.87. The van der Waals surface area contributed by atoms with Crippen molar-refractivity contribution in [1.29, 1.82) is 0 Å². The van der Waals surface area contributed by atoms with Gasteiger partial charge >= 0.3 is 5.97 Å². The zero-order chi connectivity index (χ0) is 16.7. The molecule has 2 N–H and O–H groups in total. The predicted octanol–water partition coefficient (Wildman–Crippen LogP) is 0.420. The molecular weight excluding hydrogens is 312 g/mol. The number of nitrogens with one attached hydrogen (secondary N) is 1. The van der Waals surface area contributed by atoms with Crippen molar-refractivity contribution < 1.29 is 27.9 Å². The van der Waals surface area contributed by atoms with E-state index in [4.69, 9.17) is 9.84 Å². The fourth-order valence-electron chi connectivity index (χ4n) is 2.06. The number of aryl methyl sites for hydroxylation is 1. The minimum Gasteiger partial charge on any atom is -0.480 e. The van der Waals surface area contributed by atoms with Crippen LogP contribution in [-0.2, 0) is 19.6 Å². The van der Waals surface area contributed by atoms with Gasteiger partial charge in [-0.25, -0.2) is 8.42 Å². The Hall–Kier alpha value is -2.13. The van der Waals surface area contributed by atoms with Crippen molar-refractivity contribution in [1.82, 2.24) is 4.31 Å². The number of benzene rings is 1. The van der Waals surface area contributed by atoms with Crippen molar-refractivity contribution in [2.75, 3.05) is 18.9 Å². The van der Waals surface area contributed by atoms with Gasteiger partial charge in [-0.2, -0.15) is 4.31 Å². The largest absolute Gasteiger partial charge is 0.480 e. The molecule has 1 aromatic rings. The fourth-order valence-corrected chi connectivity index (χ4v) is 3.40. The molecule has 0 radical (unpaired) electrons. The number of carbonyl (C=O) groups is 2. The third-order valence-electron chi connectivity index (χ3n) is 3.25. The van der Waals surface area contributed by atoms with Gasteiger partial charge in [-0.1, -0.05) is 0 Å². The number of sulfonamides is 1. The van der Waals surface area contributed by atoms with E-state index in [0.717, 1.165) is 4.31 Å². The number of likely N-dealkylation sites (N-methyl/N-ethyl adjacent to an activating group) is 1. The molecule has 0 aromatic heterocycles. The summed E-state index contributed by atoms with van der Waals surface area (Å²) in [4.78, 5) is 22.2. The Labute approximate surface area is 127 Å². The SMILES string of the molecule is Cc1cc2c(cc1S(=O)(=O)N(C)CC(=O)O)O[C@H](C)C(=O)N2. The molecule has 120 valence electrons. The number of carboxylic acids is 1. The van der Waals surface area contributed by atoms with Crippen molar-refractivity contribution in [3.8, 4) is 5.75 Å². The smallest absolute Gasteiger partial charge is 0.318 e. The summed E-state index contributed by atoms with van der Waals surface area (Å²) in [5.41, 5.74) is 0.773. The molecule has 0 saturated carbocycles. The highest BCUT2D eigenvalue weighted by atomic mass is 32.2. The quantitative estimate of drug-likeness (QED) is 0.828. The summed E-state index contributed by atoms with van der Waals surface area (Å²) in [5.74, 6) is -1.33. The van der Waals surface area contributed by atoms with Gasteiger partial charge in [0.05, 0.1) is 10.6 Å². The number of amides is 1. The van der Waals surface area contributed by atoms with Crippen LogP contribution in [0.3, 0.4) is 0 Å². The van der Waals surface area contributed by atoms with Crippen LogP contribution in [-0.4, -0.2) is 49.4 Å². The highest BCUT2D eigenvalue weighted by Gasteiger charge is 2.29. The maximum Gasteiger partial charge on any atom is 0.318 e. The van der Waals surface area contributed by atoms with Gasteiger partial charge in [0, 0.05) is 13.1 Å². The molecule has 1 heterocycles. The molecule has 1 amide bonds. The molecule has 22 heavy (non-hydrogen) atoms. The molecule has 0 aliphatic carbocycles. The number of carbonyl (C=O) groups excluding carboxylic acids is 1. The second-order valence-corrected chi connectivity index (χ2v) is 7.03. The summed E-state index contributed by atoms with van der Waals surface area (Å²) in [6.07, 6.45) is -0.734. The van der Waals surface area contributed by atoms with Crippen LogP contribution in [0.4, 0.5) is 5.69 Å². The van der Waals surface area contributed by atoms with Crippen molar-refractivity contribution >= 4 is 27.6 Å². The van der Waals surface area contributed by atoms with Gasteiger partial charge in [0.1, 0.15) is 12.3 Å². The van der Waals surface area contributed by atoms with Crippen LogP contribution in [0.25, 0.3) is 0 Å². The molecule has 0 saturated heterocycles. The molecule has 8 nitrogen and oxygen atoms in total. The van der Waals surface area contributed by atoms with E-state index in [2.05, 4.69) is 5.32 Å². The maximum absolute atomic E-state index is 12.4. The summed E-state index contributed by atoms with van der Waals surface area (Å²) >= 11 is 0. The molecule has 2 rings (SSSR count). The second kappa shape index (κ2) is 5.58. The molecule has 1 aliphatic heterocycles. The Morgan fingerprint density at radius 2 is 2.09 bits per heavy atom. The molecular formula is C13H16N2O6S. The van der Waals surface area contributed by atoms with E-state index >= 15 is 0 Å². The maximum atomic E-state index is 12.4. The average molecular weight is 328 g/mol. The highest BCUT2D eigenvalue weighted by molar-refractivity contribution is 7.89. The number of anilines is 1. The van der Waals surface area contributed by atoms with Crippen molar-refractivity contribution in [2.45, 2.75) is 24.8 Å². The van der Waals surface area contributed by atoms with Crippen LogP contribution < -0.4 is 10.1 Å². The lowest BCUT2D eigenvalue weighted by atomic mass is 10.1. The normalized spacial score (nSPS) is 17.6. The van der Waals surface area contributed by atoms with Gasteiger partial charge in [-0.3, -0.25) is 9.59 Å². The lowest BCUT2D eigenvalue weighted by Gasteiger charge is -2.25.